The standard InChI is InChI=1S/C18H17N5O2/c24-17(9-13-5-2-1-3-6-13)21-16-10-15(22-23-16)18(25)20-12-14-7-4-8-19-11-14/h1-8,10-11H,9,12H2,(H,20,25)(H2,21,22,23,24). The zero-order valence-corrected chi connectivity index (χ0v) is 13.4. The lowest BCUT2D eigenvalue weighted by Crippen LogP contribution is -2.23. The predicted octanol–water partition coefficient (Wildman–Crippen LogP) is 1.92. The van der Waals surface area contributed by atoms with Gasteiger partial charge in [-0.2, -0.15) is 5.10 Å². The number of anilines is 1. The van der Waals surface area contributed by atoms with E-state index in [0.717, 1.165) is 11.1 Å². The predicted molar refractivity (Wildman–Crippen MR) is 92.8 cm³/mol. The summed E-state index contributed by atoms with van der Waals surface area (Å²) in [5.74, 6) is -0.131. The molecule has 0 saturated heterocycles. The maximum Gasteiger partial charge on any atom is 0.272 e. The van der Waals surface area contributed by atoms with Crippen LogP contribution in [0.25, 0.3) is 0 Å². The minimum absolute atomic E-state index is 0.183. The molecule has 0 unspecified atom stereocenters. The topological polar surface area (TPSA) is 99.8 Å². The molecule has 0 aliphatic carbocycles. The number of rotatable bonds is 6. The molecule has 0 saturated carbocycles. The molecular weight excluding hydrogens is 318 g/mol. The summed E-state index contributed by atoms with van der Waals surface area (Å²) in [5, 5.41) is 12.0. The number of aromatic nitrogens is 3. The number of carbonyl (C=O) groups excluding carboxylic acids is 2. The second-order valence-electron chi connectivity index (χ2n) is 5.42. The maximum absolute atomic E-state index is 12.1. The van der Waals surface area contributed by atoms with Crippen molar-refractivity contribution in [3.63, 3.8) is 0 Å². The highest BCUT2D eigenvalue weighted by Crippen LogP contribution is 2.07. The minimum Gasteiger partial charge on any atom is -0.347 e. The number of nitrogens with one attached hydrogen (secondary N) is 3. The Morgan fingerprint density at radius 1 is 1.04 bits per heavy atom. The Kier molecular flexibility index (Phi) is 5.16. The van der Waals surface area contributed by atoms with Crippen molar-refractivity contribution in [2.75, 3.05) is 5.32 Å². The molecule has 25 heavy (non-hydrogen) atoms. The van der Waals surface area contributed by atoms with Crippen LogP contribution < -0.4 is 10.6 Å². The summed E-state index contributed by atoms with van der Waals surface area (Å²) in [7, 11) is 0. The van der Waals surface area contributed by atoms with Gasteiger partial charge in [0.05, 0.1) is 6.42 Å². The van der Waals surface area contributed by atoms with E-state index in [9.17, 15) is 9.59 Å². The molecule has 0 aliphatic rings. The first-order valence-corrected chi connectivity index (χ1v) is 7.77. The molecule has 2 heterocycles. The van der Waals surface area contributed by atoms with Gasteiger partial charge < -0.3 is 10.6 Å². The van der Waals surface area contributed by atoms with E-state index in [1.54, 1.807) is 18.5 Å². The second-order valence-corrected chi connectivity index (χ2v) is 5.42. The van der Waals surface area contributed by atoms with E-state index in [1.807, 2.05) is 36.4 Å². The molecule has 7 heteroatoms. The fraction of sp³-hybridized carbons (Fsp3) is 0.111. The zero-order valence-electron chi connectivity index (χ0n) is 13.4. The van der Waals surface area contributed by atoms with Crippen LogP contribution in [0.2, 0.25) is 0 Å². The quantitative estimate of drug-likeness (QED) is 0.641. The van der Waals surface area contributed by atoms with Crippen molar-refractivity contribution < 1.29 is 9.59 Å². The molecule has 2 aromatic heterocycles. The summed E-state index contributed by atoms with van der Waals surface area (Å²) < 4.78 is 0. The van der Waals surface area contributed by atoms with Gasteiger partial charge in [0.2, 0.25) is 5.91 Å². The van der Waals surface area contributed by atoms with Crippen molar-refractivity contribution >= 4 is 17.6 Å². The van der Waals surface area contributed by atoms with E-state index in [0.29, 0.717) is 12.4 Å². The first-order chi connectivity index (χ1) is 12.2. The van der Waals surface area contributed by atoms with Crippen LogP contribution in [-0.2, 0) is 17.8 Å². The number of nitrogens with zero attached hydrogens (tertiary/aromatic N) is 2. The number of carbonyl (C=O) groups is 2. The van der Waals surface area contributed by atoms with Gasteiger partial charge in [0, 0.05) is 25.0 Å². The highest BCUT2D eigenvalue weighted by molar-refractivity contribution is 5.95. The van der Waals surface area contributed by atoms with Crippen molar-refractivity contribution in [1.82, 2.24) is 20.5 Å². The van der Waals surface area contributed by atoms with E-state index >= 15 is 0 Å². The Hall–Kier alpha value is -3.48. The average Bonchev–Trinajstić information content (AvgIpc) is 3.10. The molecule has 1 aromatic carbocycles. The van der Waals surface area contributed by atoms with E-state index < -0.39 is 0 Å². The Balaban J connectivity index is 1.53. The number of hydrogen-bond donors (Lipinski definition) is 3. The summed E-state index contributed by atoms with van der Waals surface area (Å²) in [6, 6.07) is 14.6. The largest absolute Gasteiger partial charge is 0.347 e. The first kappa shape index (κ1) is 16.4. The summed E-state index contributed by atoms with van der Waals surface area (Å²) in [4.78, 5) is 28.1. The fourth-order valence-corrected chi connectivity index (χ4v) is 2.25. The van der Waals surface area contributed by atoms with Crippen molar-refractivity contribution in [2.45, 2.75) is 13.0 Å². The van der Waals surface area contributed by atoms with Crippen molar-refractivity contribution in [3.8, 4) is 0 Å². The molecule has 0 aliphatic heterocycles. The number of aromatic amines is 1. The van der Waals surface area contributed by atoms with Crippen LogP contribution in [0.1, 0.15) is 21.6 Å². The Morgan fingerprint density at radius 2 is 1.84 bits per heavy atom. The molecule has 0 spiro atoms. The third kappa shape index (κ3) is 4.74. The Morgan fingerprint density at radius 3 is 2.60 bits per heavy atom. The lowest BCUT2D eigenvalue weighted by Gasteiger charge is -2.02. The van der Waals surface area contributed by atoms with E-state index in [4.69, 9.17) is 0 Å². The normalized spacial score (nSPS) is 10.2. The summed E-state index contributed by atoms with van der Waals surface area (Å²) in [6.45, 7) is 0.356. The number of H-pyrrole nitrogens is 1. The van der Waals surface area contributed by atoms with Gasteiger partial charge in [0.1, 0.15) is 5.82 Å². The highest BCUT2D eigenvalue weighted by Gasteiger charge is 2.12. The zero-order chi connectivity index (χ0) is 17.5. The lowest BCUT2D eigenvalue weighted by molar-refractivity contribution is -0.115. The van der Waals surface area contributed by atoms with Gasteiger partial charge >= 0.3 is 0 Å². The van der Waals surface area contributed by atoms with Crippen LogP contribution in [0.3, 0.4) is 0 Å². The molecule has 126 valence electrons. The number of amides is 2. The monoisotopic (exact) mass is 335 g/mol. The van der Waals surface area contributed by atoms with Gasteiger partial charge in [0.25, 0.3) is 5.91 Å². The number of benzene rings is 1. The van der Waals surface area contributed by atoms with Gasteiger partial charge in [-0.05, 0) is 17.2 Å². The van der Waals surface area contributed by atoms with Crippen LogP contribution in [0.15, 0.2) is 60.9 Å². The lowest BCUT2D eigenvalue weighted by atomic mass is 10.1. The second kappa shape index (κ2) is 7.87. The summed E-state index contributed by atoms with van der Waals surface area (Å²) >= 11 is 0. The van der Waals surface area contributed by atoms with Crippen molar-refractivity contribution in [1.29, 1.82) is 0 Å². The third-order valence-corrected chi connectivity index (χ3v) is 3.47. The Labute approximate surface area is 144 Å². The molecule has 2 amide bonds. The SMILES string of the molecule is O=C(Cc1ccccc1)Nc1cc(C(=O)NCc2cccnc2)n[nH]1. The van der Waals surface area contributed by atoms with Gasteiger partial charge in [-0.15, -0.1) is 0 Å². The van der Waals surface area contributed by atoms with E-state index in [2.05, 4.69) is 25.8 Å². The van der Waals surface area contributed by atoms with Crippen molar-refractivity contribution in [3.05, 3.63) is 77.7 Å². The fourth-order valence-electron chi connectivity index (χ4n) is 2.25. The van der Waals surface area contributed by atoms with E-state index in [-0.39, 0.29) is 23.9 Å². The van der Waals surface area contributed by atoms with Gasteiger partial charge in [-0.1, -0.05) is 36.4 Å². The van der Waals surface area contributed by atoms with E-state index in [1.165, 1.54) is 6.07 Å². The third-order valence-electron chi connectivity index (χ3n) is 3.47. The summed E-state index contributed by atoms with van der Waals surface area (Å²) in [6.07, 6.45) is 3.60. The van der Waals surface area contributed by atoms with Crippen LogP contribution in [0.5, 0.6) is 0 Å². The number of pyridine rings is 1. The summed E-state index contributed by atoms with van der Waals surface area (Å²) in [5.41, 5.74) is 2.01. The molecule has 3 N–H and O–H groups in total. The molecule has 7 nitrogen and oxygen atoms in total. The molecule has 0 bridgehead atoms. The van der Waals surface area contributed by atoms with Crippen molar-refractivity contribution in [2.24, 2.45) is 0 Å². The van der Waals surface area contributed by atoms with Crippen LogP contribution in [0, 0.1) is 0 Å². The van der Waals surface area contributed by atoms with Gasteiger partial charge in [-0.25, -0.2) is 0 Å². The number of hydrogen-bond acceptors (Lipinski definition) is 4. The molecule has 0 atom stereocenters. The van der Waals surface area contributed by atoms with Gasteiger partial charge in [0.15, 0.2) is 5.69 Å². The van der Waals surface area contributed by atoms with Gasteiger partial charge in [-0.3, -0.25) is 19.7 Å². The highest BCUT2D eigenvalue weighted by atomic mass is 16.2. The van der Waals surface area contributed by atoms with Crippen LogP contribution in [-0.4, -0.2) is 27.0 Å². The molecule has 0 radical (unpaired) electrons. The maximum atomic E-state index is 12.1. The Bertz CT molecular complexity index is 846. The molecule has 3 rings (SSSR count). The van der Waals surface area contributed by atoms with Crippen LogP contribution >= 0.6 is 0 Å². The molecule has 0 fully saturated rings. The minimum atomic E-state index is -0.330. The molecular formula is C18H17N5O2. The van der Waals surface area contributed by atoms with Crippen LogP contribution in [0.4, 0.5) is 5.82 Å². The first-order valence-electron chi connectivity index (χ1n) is 7.77. The molecule has 3 aromatic rings. The smallest absolute Gasteiger partial charge is 0.272 e. The average molecular weight is 335 g/mol.